The highest BCUT2D eigenvalue weighted by Gasteiger charge is 2.29. The van der Waals surface area contributed by atoms with Crippen LogP contribution in [0.2, 0.25) is 0 Å². The van der Waals surface area contributed by atoms with Crippen LogP contribution in [-0.4, -0.2) is 0 Å². The van der Waals surface area contributed by atoms with E-state index in [2.05, 4.69) is 83.7 Å². The molecule has 0 unspecified atom stereocenters. The Kier molecular flexibility index (Phi) is 5.33. The molecular weight excluding hydrogens is 512 g/mol. The van der Waals surface area contributed by atoms with E-state index in [1.165, 1.54) is 22.3 Å². The van der Waals surface area contributed by atoms with Crippen LogP contribution in [0.1, 0.15) is 28.2 Å². The molecule has 3 heteroatoms. The normalized spacial score (nSPS) is 12.1. The van der Waals surface area contributed by atoms with E-state index in [0.717, 1.165) is 49.8 Å². The van der Waals surface area contributed by atoms with E-state index in [9.17, 15) is 5.26 Å². The number of nitriles is 1. The Morgan fingerprint density at radius 1 is 0.595 bits per heavy atom. The predicted molar refractivity (Wildman–Crippen MR) is 168 cm³/mol. The number of hydrogen-bond donors (Lipinski definition) is 0. The Labute approximate surface area is 243 Å². The first-order valence-corrected chi connectivity index (χ1v) is 13.9. The summed E-state index contributed by atoms with van der Waals surface area (Å²) in [5, 5.41) is 12.1. The smallest absolute Gasteiger partial charge is 0.188 e. The number of nitrogens with zero attached hydrogens (tertiary/aromatic N) is 2. The number of furan rings is 1. The van der Waals surface area contributed by atoms with Gasteiger partial charge in [-0.1, -0.05) is 84.9 Å². The van der Waals surface area contributed by atoms with Crippen molar-refractivity contribution in [1.29, 1.82) is 5.26 Å². The molecule has 0 N–H and O–H groups in total. The molecule has 0 spiro atoms. The highest BCUT2D eigenvalue weighted by molar-refractivity contribution is 6.06. The van der Waals surface area contributed by atoms with Gasteiger partial charge in [-0.2, -0.15) is 5.26 Å². The average molecular weight is 535 g/mol. The molecule has 0 bridgehead atoms. The molecule has 1 aromatic heterocycles. The largest absolute Gasteiger partial charge is 0.456 e. The van der Waals surface area contributed by atoms with Gasteiger partial charge in [0.1, 0.15) is 11.2 Å². The fraction of sp³-hybridized carbons (Fsp3) is 0.0256. The first-order chi connectivity index (χ1) is 20.7. The Morgan fingerprint density at radius 2 is 1.24 bits per heavy atom. The van der Waals surface area contributed by atoms with Gasteiger partial charge in [-0.3, -0.25) is 0 Å². The molecule has 8 rings (SSSR count). The lowest BCUT2D eigenvalue weighted by atomic mass is 9.86. The van der Waals surface area contributed by atoms with E-state index in [4.69, 9.17) is 11.0 Å². The van der Waals surface area contributed by atoms with Crippen molar-refractivity contribution in [2.75, 3.05) is 0 Å². The zero-order valence-electron chi connectivity index (χ0n) is 22.5. The highest BCUT2D eigenvalue weighted by atomic mass is 16.3. The van der Waals surface area contributed by atoms with E-state index >= 15 is 0 Å². The van der Waals surface area contributed by atoms with Crippen LogP contribution in [0, 0.1) is 17.9 Å². The van der Waals surface area contributed by atoms with Gasteiger partial charge >= 0.3 is 0 Å². The van der Waals surface area contributed by atoms with Gasteiger partial charge in [-0.25, -0.2) is 4.85 Å². The van der Waals surface area contributed by atoms with E-state index in [-0.39, 0.29) is 5.92 Å². The summed E-state index contributed by atoms with van der Waals surface area (Å²) in [7, 11) is 0. The third-order valence-electron chi connectivity index (χ3n) is 8.34. The quantitative estimate of drug-likeness (QED) is 0.212. The third-order valence-corrected chi connectivity index (χ3v) is 8.34. The number of benzene rings is 6. The van der Waals surface area contributed by atoms with Crippen LogP contribution in [0.15, 0.2) is 132 Å². The van der Waals surface area contributed by atoms with Crippen molar-refractivity contribution in [3.63, 3.8) is 0 Å². The summed E-state index contributed by atoms with van der Waals surface area (Å²) in [6.07, 6.45) is 0. The maximum Gasteiger partial charge on any atom is 0.188 e. The lowest BCUT2D eigenvalue weighted by molar-refractivity contribution is 0.669. The van der Waals surface area contributed by atoms with Crippen molar-refractivity contribution in [3.05, 3.63) is 161 Å². The lowest BCUT2D eigenvalue weighted by Gasteiger charge is -2.17. The molecule has 1 heterocycles. The van der Waals surface area contributed by atoms with Gasteiger partial charge in [0, 0.05) is 16.7 Å². The molecule has 0 atom stereocenters. The molecule has 0 aliphatic heterocycles. The van der Waals surface area contributed by atoms with Crippen LogP contribution >= 0.6 is 0 Å². The minimum atomic E-state index is 0.0354. The summed E-state index contributed by atoms with van der Waals surface area (Å²) in [6.45, 7) is 7.91. The molecule has 6 aromatic carbocycles. The van der Waals surface area contributed by atoms with Crippen molar-refractivity contribution in [3.8, 4) is 39.4 Å². The van der Waals surface area contributed by atoms with Crippen molar-refractivity contribution in [2.24, 2.45) is 0 Å². The summed E-state index contributed by atoms with van der Waals surface area (Å²) < 4.78 is 6.04. The predicted octanol–water partition coefficient (Wildman–Crippen LogP) is 10.5. The first-order valence-electron chi connectivity index (χ1n) is 13.9. The molecule has 0 saturated heterocycles. The lowest BCUT2D eigenvalue weighted by Crippen LogP contribution is -1.99. The SMILES string of the molecule is [C-]#[N+]c1cc(-c2cc(C#N)cc(-c3ccc4oc5ccccc5c4c3)c2)cc(C2c3ccccc3-c3ccccc32)c1. The summed E-state index contributed by atoms with van der Waals surface area (Å²) in [5.41, 5.74) is 12.7. The first kappa shape index (κ1) is 23.9. The molecule has 1 aliphatic carbocycles. The van der Waals surface area contributed by atoms with Crippen LogP contribution in [-0.2, 0) is 0 Å². The van der Waals surface area contributed by atoms with Gasteiger partial charge in [0.2, 0.25) is 0 Å². The average Bonchev–Trinajstić information content (AvgIpc) is 3.59. The molecule has 0 saturated carbocycles. The molecular formula is C39H22N2O. The van der Waals surface area contributed by atoms with Crippen LogP contribution in [0.3, 0.4) is 0 Å². The molecule has 0 amide bonds. The van der Waals surface area contributed by atoms with Gasteiger partial charge in [-0.05, 0) is 92.5 Å². The number of rotatable bonds is 3. The second-order valence-corrected chi connectivity index (χ2v) is 10.8. The monoisotopic (exact) mass is 534 g/mol. The van der Waals surface area contributed by atoms with Gasteiger partial charge in [0.25, 0.3) is 0 Å². The van der Waals surface area contributed by atoms with Crippen molar-refractivity contribution < 1.29 is 4.42 Å². The number of hydrogen-bond acceptors (Lipinski definition) is 2. The number of para-hydroxylation sites is 1. The molecule has 1 aliphatic rings. The van der Waals surface area contributed by atoms with Gasteiger partial charge in [0.15, 0.2) is 5.69 Å². The van der Waals surface area contributed by atoms with Crippen LogP contribution in [0.5, 0.6) is 0 Å². The Bertz CT molecular complexity index is 2250. The zero-order valence-corrected chi connectivity index (χ0v) is 22.5. The van der Waals surface area contributed by atoms with Crippen molar-refractivity contribution in [2.45, 2.75) is 5.92 Å². The Balaban J connectivity index is 1.29. The van der Waals surface area contributed by atoms with Crippen LogP contribution < -0.4 is 0 Å². The summed E-state index contributed by atoms with van der Waals surface area (Å²) >= 11 is 0. The second kappa shape index (κ2) is 9.34. The van der Waals surface area contributed by atoms with Gasteiger partial charge < -0.3 is 4.42 Å². The fourth-order valence-corrected chi connectivity index (χ4v) is 6.48. The molecule has 7 aromatic rings. The van der Waals surface area contributed by atoms with E-state index in [1.807, 2.05) is 54.6 Å². The highest BCUT2D eigenvalue weighted by Crippen LogP contribution is 2.49. The van der Waals surface area contributed by atoms with E-state index in [0.29, 0.717) is 11.3 Å². The molecule has 3 nitrogen and oxygen atoms in total. The summed E-state index contributed by atoms with van der Waals surface area (Å²) in [5.74, 6) is 0.0354. The van der Waals surface area contributed by atoms with Crippen molar-refractivity contribution >= 4 is 27.6 Å². The summed E-state index contributed by atoms with van der Waals surface area (Å²) in [6, 6.07) is 45.7. The minimum absolute atomic E-state index is 0.0354. The molecule has 194 valence electrons. The van der Waals surface area contributed by atoms with E-state index < -0.39 is 0 Å². The van der Waals surface area contributed by atoms with Crippen LogP contribution in [0.25, 0.3) is 60.2 Å². The second-order valence-electron chi connectivity index (χ2n) is 10.8. The summed E-state index contributed by atoms with van der Waals surface area (Å²) in [4.78, 5) is 3.86. The maximum absolute atomic E-state index is 9.99. The molecule has 0 fully saturated rings. The van der Waals surface area contributed by atoms with Crippen molar-refractivity contribution in [1.82, 2.24) is 0 Å². The molecule has 0 radical (unpaired) electrons. The standard InChI is InChI=1S/C39H22N2O/c1-41-30-20-28(19-29(21-30)39-34-11-4-2-8-31(34)32-9-3-5-12-35(32)39)27-17-24(23-40)16-26(18-27)25-14-15-38-36(22-25)33-10-6-7-13-37(33)42-38/h2-22,39H. The van der Waals surface area contributed by atoms with E-state index in [1.54, 1.807) is 0 Å². The molecule has 42 heavy (non-hydrogen) atoms. The van der Waals surface area contributed by atoms with Gasteiger partial charge in [-0.15, -0.1) is 0 Å². The maximum atomic E-state index is 9.99. The topological polar surface area (TPSA) is 41.3 Å². The minimum Gasteiger partial charge on any atom is -0.456 e. The van der Waals surface area contributed by atoms with Gasteiger partial charge in [0.05, 0.1) is 18.2 Å². The zero-order chi connectivity index (χ0) is 28.2. The third kappa shape index (κ3) is 3.73. The fourth-order valence-electron chi connectivity index (χ4n) is 6.48. The number of fused-ring (bicyclic) bond motifs is 6. The van der Waals surface area contributed by atoms with Crippen LogP contribution in [0.4, 0.5) is 5.69 Å². The Morgan fingerprint density at radius 3 is 1.98 bits per heavy atom. The Hall–Kier alpha value is -5.90.